The summed E-state index contributed by atoms with van der Waals surface area (Å²) in [5, 5.41) is 4.07. The van der Waals surface area contributed by atoms with Crippen molar-refractivity contribution in [3.05, 3.63) is 17.5 Å². The van der Waals surface area contributed by atoms with Crippen LogP contribution in [-0.4, -0.2) is 5.16 Å². The molecule has 0 aliphatic heterocycles. The molecule has 0 radical (unpaired) electrons. The topological polar surface area (TPSA) is 52.0 Å². The van der Waals surface area contributed by atoms with Gasteiger partial charge < -0.3 is 10.3 Å². The smallest absolute Gasteiger partial charge is 0.139 e. The van der Waals surface area contributed by atoms with Crippen molar-refractivity contribution in [3.63, 3.8) is 0 Å². The molecule has 3 heteroatoms. The first-order valence-corrected chi connectivity index (χ1v) is 5.27. The lowest BCUT2D eigenvalue weighted by Gasteiger charge is -2.20. The van der Waals surface area contributed by atoms with Gasteiger partial charge in [0.15, 0.2) is 0 Å². The summed E-state index contributed by atoms with van der Waals surface area (Å²) in [7, 11) is 0. The van der Waals surface area contributed by atoms with Gasteiger partial charge in [-0.2, -0.15) is 0 Å². The van der Waals surface area contributed by atoms with E-state index in [2.05, 4.69) is 19.0 Å². The minimum Gasteiger partial charge on any atom is -0.361 e. The van der Waals surface area contributed by atoms with E-state index >= 15 is 0 Å². The van der Waals surface area contributed by atoms with Gasteiger partial charge in [-0.15, -0.1) is 0 Å². The van der Waals surface area contributed by atoms with Crippen LogP contribution in [0.25, 0.3) is 0 Å². The number of rotatable bonds is 3. The molecule has 1 unspecified atom stereocenters. The Labute approximate surface area is 84.7 Å². The molecule has 1 aromatic rings. The molecule has 0 bridgehead atoms. The molecule has 1 fully saturated rings. The number of nitrogens with zero attached hydrogens (tertiary/aromatic N) is 1. The highest BCUT2D eigenvalue weighted by molar-refractivity contribution is 5.19. The number of aromatic nitrogens is 1. The highest BCUT2D eigenvalue weighted by atomic mass is 16.5. The summed E-state index contributed by atoms with van der Waals surface area (Å²) in [6.07, 6.45) is 2.44. The molecule has 1 atom stereocenters. The van der Waals surface area contributed by atoms with Crippen LogP contribution in [0.3, 0.4) is 0 Å². The van der Waals surface area contributed by atoms with Crippen molar-refractivity contribution in [2.24, 2.45) is 11.7 Å². The molecule has 2 N–H and O–H groups in total. The standard InChI is InChI=1S/C11H18N2O/c1-7(2)9-6-10(13-14-9)11(3,12)8-4-5-8/h6-8H,4-5,12H2,1-3H3. The van der Waals surface area contributed by atoms with E-state index < -0.39 is 0 Å². The number of hydrogen-bond acceptors (Lipinski definition) is 3. The molecular weight excluding hydrogens is 176 g/mol. The Hall–Kier alpha value is -0.830. The third kappa shape index (κ3) is 1.57. The maximum Gasteiger partial charge on any atom is 0.139 e. The molecule has 2 rings (SSSR count). The predicted octanol–water partition coefficient (Wildman–Crippen LogP) is 2.38. The van der Waals surface area contributed by atoms with Crippen molar-refractivity contribution in [2.75, 3.05) is 0 Å². The minimum absolute atomic E-state index is 0.295. The monoisotopic (exact) mass is 194 g/mol. The normalized spacial score (nSPS) is 21.2. The van der Waals surface area contributed by atoms with E-state index in [1.54, 1.807) is 0 Å². The van der Waals surface area contributed by atoms with E-state index in [1.165, 1.54) is 12.8 Å². The zero-order chi connectivity index (χ0) is 10.3. The van der Waals surface area contributed by atoms with Gasteiger partial charge in [0.2, 0.25) is 0 Å². The fourth-order valence-corrected chi connectivity index (χ4v) is 1.71. The van der Waals surface area contributed by atoms with Crippen LogP contribution in [-0.2, 0) is 5.54 Å². The zero-order valence-electron chi connectivity index (χ0n) is 9.08. The molecule has 14 heavy (non-hydrogen) atoms. The lowest BCUT2D eigenvalue weighted by molar-refractivity contribution is 0.334. The van der Waals surface area contributed by atoms with Gasteiger partial charge in [0, 0.05) is 12.0 Å². The molecule has 1 aliphatic carbocycles. The molecule has 1 aliphatic rings. The summed E-state index contributed by atoms with van der Waals surface area (Å²) in [6.45, 7) is 6.23. The van der Waals surface area contributed by atoms with Gasteiger partial charge in [-0.05, 0) is 25.7 Å². The van der Waals surface area contributed by atoms with Crippen molar-refractivity contribution in [2.45, 2.75) is 45.1 Å². The second-order valence-electron chi connectivity index (χ2n) is 4.83. The van der Waals surface area contributed by atoms with E-state index in [9.17, 15) is 0 Å². The lowest BCUT2D eigenvalue weighted by atomic mass is 9.92. The van der Waals surface area contributed by atoms with Gasteiger partial charge in [-0.1, -0.05) is 19.0 Å². The molecule has 0 spiro atoms. The van der Waals surface area contributed by atoms with Crippen LogP contribution in [0.4, 0.5) is 0 Å². The molecule has 1 saturated carbocycles. The Morgan fingerprint density at radius 2 is 2.21 bits per heavy atom. The van der Waals surface area contributed by atoms with Crippen LogP contribution in [0.2, 0.25) is 0 Å². The number of nitrogens with two attached hydrogens (primary N) is 1. The van der Waals surface area contributed by atoms with Crippen LogP contribution in [0, 0.1) is 5.92 Å². The Kier molecular flexibility index (Phi) is 2.14. The van der Waals surface area contributed by atoms with Crippen molar-refractivity contribution in [1.82, 2.24) is 5.16 Å². The summed E-state index contributed by atoms with van der Waals surface area (Å²) in [5.41, 5.74) is 6.85. The quantitative estimate of drug-likeness (QED) is 0.803. The molecule has 78 valence electrons. The molecular formula is C11H18N2O. The second-order valence-corrected chi connectivity index (χ2v) is 4.83. The minimum atomic E-state index is -0.295. The Morgan fingerprint density at radius 1 is 1.57 bits per heavy atom. The lowest BCUT2D eigenvalue weighted by Crippen LogP contribution is -2.35. The van der Waals surface area contributed by atoms with E-state index in [1.807, 2.05) is 13.0 Å². The fourth-order valence-electron chi connectivity index (χ4n) is 1.71. The zero-order valence-corrected chi connectivity index (χ0v) is 9.08. The highest BCUT2D eigenvalue weighted by Gasteiger charge is 2.41. The van der Waals surface area contributed by atoms with Gasteiger partial charge in [0.05, 0.1) is 5.54 Å². The van der Waals surface area contributed by atoms with E-state index in [0.717, 1.165) is 11.5 Å². The first-order valence-electron chi connectivity index (χ1n) is 5.27. The van der Waals surface area contributed by atoms with Gasteiger partial charge in [0.1, 0.15) is 11.5 Å². The third-order valence-corrected chi connectivity index (χ3v) is 3.07. The van der Waals surface area contributed by atoms with Crippen molar-refractivity contribution in [1.29, 1.82) is 0 Å². The number of hydrogen-bond donors (Lipinski definition) is 1. The van der Waals surface area contributed by atoms with E-state index in [0.29, 0.717) is 11.8 Å². The molecule has 0 aromatic carbocycles. The van der Waals surface area contributed by atoms with Gasteiger partial charge >= 0.3 is 0 Å². The van der Waals surface area contributed by atoms with Crippen LogP contribution >= 0.6 is 0 Å². The SMILES string of the molecule is CC(C)c1cc(C(C)(N)C2CC2)no1. The fraction of sp³-hybridized carbons (Fsp3) is 0.727. The van der Waals surface area contributed by atoms with Crippen LogP contribution in [0.15, 0.2) is 10.6 Å². The van der Waals surface area contributed by atoms with E-state index in [4.69, 9.17) is 10.3 Å². The summed E-state index contributed by atoms with van der Waals surface area (Å²) in [6, 6.07) is 2.00. The van der Waals surface area contributed by atoms with Gasteiger partial charge in [-0.25, -0.2) is 0 Å². The summed E-state index contributed by atoms with van der Waals surface area (Å²) >= 11 is 0. The summed E-state index contributed by atoms with van der Waals surface area (Å²) in [5.74, 6) is 1.90. The maximum absolute atomic E-state index is 6.23. The highest BCUT2D eigenvalue weighted by Crippen LogP contribution is 2.43. The molecule has 3 nitrogen and oxygen atoms in total. The van der Waals surface area contributed by atoms with Crippen molar-refractivity contribution in [3.8, 4) is 0 Å². The summed E-state index contributed by atoms with van der Waals surface area (Å²) < 4.78 is 5.26. The molecule has 0 saturated heterocycles. The third-order valence-electron chi connectivity index (χ3n) is 3.07. The average Bonchev–Trinajstić information content (AvgIpc) is 2.82. The van der Waals surface area contributed by atoms with Gasteiger partial charge in [-0.3, -0.25) is 0 Å². The largest absolute Gasteiger partial charge is 0.361 e. The van der Waals surface area contributed by atoms with Crippen LogP contribution < -0.4 is 5.73 Å². The van der Waals surface area contributed by atoms with Gasteiger partial charge in [0.25, 0.3) is 0 Å². The summed E-state index contributed by atoms with van der Waals surface area (Å²) in [4.78, 5) is 0. The predicted molar refractivity (Wildman–Crippen MR) is 54.9 cm³/mol. The molecule has 0 amide bonds. The average molecular weight is 194 g/mol. The molecule has 1 heterocycles. The first kappa shape index (κ1) is 9.71. The second kappa shape index (κ2) is 3.09. The van der Waals surface area contributed by atoms with Crippen LogP contribution in [0.1, 0.15) is 51.0 Å². The van der Waals surface area contributed by atoms with Crippen LogP contribution in [0.5, 0.6) is 0 Å². The Bertz CT molecular complexity index is 324. The maximum atomic E-state index is 6.23. The van der Waals surface area contributed by atoms with E-state index in [-0.39, 0.29) is 5.54 Å². The van der Waals surface area contributed by atoms with Crippen molar-refractivity contribution < 1.29 is 4.52 Å². The Morgan fingerprint density at radius 3 is 2.64 bits per heavy atom. The molecule has 1 aromatic heterocycles. The first-order chi connectivity index (χ1) is 6.51. The Balaban J connectivity index is 2.23. The van der Waals surface area contributed by atoms with Crippen molar-refractivity contribution >= 4 is 0 Å².